The van der Waals surface area contributed by atoms with Gasteiger partial charge in [-0.25, -0.2) is 0 Å². The third-order valence-electron chi connectivity index (χ3n) is 3.64. The molecule has 0 aromatic heterocycles. The summed E-state index contributed by atoms with van der Waals surface area (Å²) in [6.07, 6.45) is 2.80. The van der Waals surface area contributed by atoms with E-state index in [4.69, 9.17) is 4.74 Å². The average Bonchev–Trinajstić information content (AvgIpc) is 2.58. The Bertz CT molecular complexity index is 546. The van der Waals surface area contributed by atoms with E-state index in [9.17, 15) is 14.4 Å². The number of ether oxygens (including phenoxy) is 1. The van der Waals surface area contributed by atoms with Gasteiger partial charge in [0.1, 0.15) is 6.54 Å². The first-order valence-electron chi connectivity index (χ1n) is 8.74. The summed E-state index contributed by atoms with van der Waals surface area (Å²) in [5, 5.41) is 2.73. The summed E-state index contributed by atoms with van der Waals surface area (Å²) in [5.74, 6) is -0.492. The number of hydrogen-bond donors (Lipinski definition) is 1. The molecule has 0 saturated carbocycles. The number of nitrogens with zero attached hydrogens (tertiary/aromatic N) is 1. The Balaban J connectivity index is 2.48. The molecule has 138 valence electrons. The van der Waals surface area contributed by atoms with Crippen molar-refractivity contribution in [1.82, 2.24) is 10.2 Å². The number of amides is 2. The molecule has 6 heteroatoms. The lowest BCUT2D eigenvalue weighted by molar-refractivity contribution is -0.149. The minimum Gasteiger partial charge on any atom is -0.465 e. The molecule has 2 amide bonds. The quantitative estimate of drug-likeness (QED) is 0.492. The predicted octanol–water partition coefficient (Wildman–Crippen LogP) is 2.27. The zero-order valence-electron chi connectivity index (χ0n) is 15.1. The van der Waals surface area contributed by atoms with Gasteiger partial charge >= 0.3 is 5.97 Å². The maximum atomic E-state index is 12.5. The zero-order valence-corrected chi connectivity index (χ0v) is 15.1. The van der Waals surface area contributed by atoms with Crippen LogP contribution in [0, 0.1) is 0 Å². The SMILES string of the molecule is CCOC(=O)CN(Cc1ccccc1)C(=O)CCCCCNC(C)=O. The maximum absolute atomic E-state index is 12.5. The zero-order chi connectivity index (χ0) is 18.5. The second kappa shape index (κ2) is 12.1. The lowest BCUT2D eigenvalue weighted by Gasteiger charge is -2.22. The number of benzene rings is 1. The standard InChI is InChI=1S/C19H28N2O4/c1-3-25-19(24)15-21(14-17-10-6-4-7-11-17)18(23)12-8-5-9-13-20-16(2)22/h4,6-7,10-11H,3,5,8-9,12-15H2,1-2H3,(H,20,22). The summed E-state index contributed by atoms with van der Waals surface area (Å²) < 4.78 is 4.97. The molecule has 0 bridgehead atoms. The van der Waals surface area contributed by atoms with E-state index in [1.54, 1.807) is 11.8 Å². The van der Waals surface area contributed by atoms with Crippen LogP contribution in [0.15, 0.2) is 30.3 Å². The summed E-state index contributed by atoms with van der Waals surface area (Å²) in [4.78, 5) is 36.6. The van der Waals surface area contributed by atoms with Crippen molar-refractivity contribution in [1.29, 1.82) is 0 Å². The molecule has 0 aliphatic carbocycles. The highest BCUT2D eigenvalue weighted by Crippen LogP contribution is 2.09. The Morgan fingerprint density at radius 2 is 1.80 bits per heavy atom. The number of rotatable bonds is 11. The van der Waals surface area contributed by atoms with Crippen molar-refractivity contribution in [2.24, 2.45) is 0 Å². The number of nitrogens with one attached hydrogen (secondary N) is 1. The molecule has 1 aromatic carbocycles. The van der Waals surface area contributed by atoms with Crippen LogP contribution >= 0.6 is 0 Å². The Labute approximate surface area is 149 Å². The molecule has 0 saturated heterocycles. The maximum Gasteiger partial charge on any atom is 0.325 e. The molecular weight excluding hydrogens is 320 g/mol. The van der Waals surface area contributed by atoms with Gasteiger partial charge in [-0.15, -0.1) is 0 Å². The lowest BCUT2D eigenvalue weighted by atomic mass is 10.1. The van der Waals surface area contributed by atoms with Crippen molar-refractivity contribution in [3.63, 3.8) is 0 Å². The fraction of sp³-hybridized carbons (Fsp3) is 0.526. The van der Waals surface area contributed by atoms with E-state index < -0.39 is 5.97 Å². The number of esters is 1. The Morgan fingerprint density at radius 3 is 2.44 bits per heavy atom. The van der Waals surface area contributed by atoms with Gasteiger partial charge in [0.25, 0.3) is 0 Å². The molecule has 0 heterocycles. The predicted molar refractivity (Wildman–Crippen MR) is 95.6 cm³/mol. The largest absolute Gasteiger partial charge is 0.465 e. The molecule has 0 atom stereocenters. The van der Waals surface area contributed by atoms with Gasteiger partial charge in [-0.3, -0.25) is 14.4 Å². The fourth-order valence-electron chi connectivity index (χ4n) is 2.40. The van der Waals surface area contributed by atoms with Gasteiger partial charge in [-0.1, -0.05) is 36.8 Å². The summed E-state index contributed by atoms with van der Waals surface area (Å²) in [7, 11) is 0. The lowest BCUT2D eigenvalue weighted by Crippen LogP contribution is -2.36. The minimum absolute atomic E-state index is 0.0343. The van der Waals surface area contributed by atoms with Crippen LogP contribution in [0.25, 0.3) is 0 Å². The highest BCUT2D eigenvalue weighted by Gasteiger charge is 2.18. The van der Waals surface area contributed by atoms with Crippen LogP contribution in [0.5, 0.6) is 0 Å². The van der Waals surface area contributed by atoms with Crippen molar-refractivity contribution in [3.05, 3.63) is 35.9 Å². The molecule has 1 rings (SSSR count). The highest BCUT2D eigenvalue weighted by molar-refractivity contribution is 5.82. The molecule has 0 aliphatic rings. The fourth-order valence-corrected chi connectivity index (χ4v) is 2.40. The highest BCUT2D eigenvalue weighted by atomic mass is 16.5. The second-order valence-electron chi connectivity index (χ2n) is 5.83. The van der Waals surface area contributed by atoms with Crippen molar-refractivity contribution < 1.29 is 19.1 Å². The van der Waals surface area contributed by atoms with E-state index >= 15 is 0 Å². The van der Waals surface area contributed by atoms with Gasteiger partial charge in [0.15, 0.2) is 0 Å². The molecule has 1 aromatic rings. The molecule has 1 N–H and O–H groups in total. The normalized spacial score (nSPS) is 10.2. The first-order valence-corrected chi connectivity index (χ1v) is 8.74. The van der Waals surface area contributed by atoms with Crippen molar-refractivity contribution in [2.75, 3.05) is 19.7 Å². The van der Waals surface area contributed by atoms with Gasteiger partial charge in [0.05, 0.1) is 6.61 Å². The summed E-state index contributed by atoms with van der Waals surface area (Å²) in [6, 6.07) is 9.59. The number of carbonyl (C=O) groups is 3. The molecular formula is C19H28N2O4. The van der Waals surface area contributed by atoms with Gasteiger partial charge in [-0.05, 0) is 25.3 Å². The van der Waals surface area contributed by atoms with Crippen LogP contribution in [0.4, 0.5) is 0 Å². The first kappa shape index (κ1) is 20.7. The van der Waals surface area contributed by atoms with Crippen LogP contribution in [0.3, 0.4) is 0 Å². The number of hydrogen-bond acceptors (Lipinski definition) is 4. The van der Waals surface area contributed by atoms with E-state index in [1.807, 2.05) is 30.3 Å². The third-order valence-corrected chi connectivity index (χ3v) is 3.64. The van der Waals surface area contributed by atoms with Crippen LogP contribution in [-0.2, 0) is 25.7 Å². The van der Waals surface area contributed by atoms with Crippen molar-refractivity contribution in [3.8, 4) is 0 Å². The minimum atomic E-state index is -0.391. The Morgan fingerprint density at radius 1 is 1.08 bits per heavy atom. The van der Waals surface area contributed by atoms with Crippen LogP contribution in [-0.4, -0.2) is 42.4 Å². The van der Waals surface area contributed by atoms with E-state index in [-0.39, 0.29) is 18.4 Å². The van der Waals surface area contributed by atoms with Crippen LogP contribution in [0.2, 0.25) is 0 Å². The Kier molecular flexibility index (Phi) is 9.97. The molecule has 6 nitrogen and oxygen atoms in total. The number of carbonyl (C=O) groups excluding carboxylic acids is 3. The molecule has 25 heavy (non-hydrogen) atoms. The molecule has 0 spiro atoms. The molecule has 0 unspecified atom stereocenters. The van der Waals surface area contributed by atoms with Gasteiger partial charge in [-0.2, -0.15) is 0 Å². The van der Waals surface area contributed by atoms with E-state index in [0.29, 0.717) is 26.1 Å². The van der Waals surface area contributed by atoms with Crippen LogP contribution < -0.4 is 5.32 Å². The summed E-state index contributed by atoms with van der Waals surface area (Å²) in [5.41, 5.74) is 0.978. The number of unbranched alkanes of at least 4 members (excludes halogenated alkanes) is 2. The molecule has 0 radical (unpaired) electrons. The van der Waals surface area contributed by atoms with Crippen molar-refractivity contribution >= 4 is 17.8 Å². The molecule has 0 aliphatic heterocycles. The monoisotopic (exact) mass is 348 g/mol. The first-order chi connectivity index (χ1) is 12.0. The summed E-state index contributed by atoms with van der Waals surface area (Å²) >= 11 is 0. The average molecular weight is 348 g/mol. The van der Waals surface area contributed by atoms with Gasteiger partial charge < -0.3 is 15.0 Å². The van der Waals surface area contributed by atoms with E-state index in [2.05, 4.69) is 5.32 Å². The van der Waals surface area contributed by atoms with Gasteiger partial charge in [0, 0.05) is 26.4 Å². The van der Waals surface area contributed by atoms with E-state index in [1.165, 1.54) is 6.92 Å². The summed E-state index contributed by atoms with van der Waals surface area (Å²) in [6.45, 7) is 4.52. The van der Waals surface area contributed by atoms with Gasteiger partial charge in [0.2, 0.25) is 11.8 Å². The topological polar surface area (TPSA) is 75.7 Å². The Hall–Kier alpha value is -2.37. The second-order valence-corrected chi connectivity index (χ2v) is 5.83. The van der Waals surface area contributed by atoms with Crippen molar-refractivity contribution in [2.45, 2.75) is 46.1 Å². The smallest absolute Gasteiger partial charge is 0.325 e. The molecule has 0 fully saturated rings. The third kappa shape index (κ3) is 9.49. The van der Waals surface area contributed by atoms with E-state index in [0.717, 1.165) is 24.8 Å². The van der Waals surface area contributed by atoms with Crippen LogP contribution in [0.1, 0.15) is 45.1 Å².